The summed E-state index contributed by atoms with van der Waals surface area (Å²) in [6, 6.07) is 30.6. The SMILES string of the molecule is COc1ccc(-c2ccc(Nc3ccc(C(=O)NC4CCN(Cc5ccccc5)CC4)nc3)cc2)cc1. The molecule has 1 amide bonds. The summed E-state index contributed by atoms with van der Waals surface area (Å²) in [5, 5.41) is 6.51. The van der Waals surface area contributed by atoms with Crippen molar-refractivity contribution < 1.29 is 9.53 Å². The molecule has 0 atom stereocenters. The van der Waals surface area contributed by atoms with Crippen LogP contribution in [0.2, 0.25) is 0 Å². The van der Waals surface area contributed by atoms with E-state index in [0.29, 0.717) is 5.69 Å². The number of benzene rings is 3. The lowest BCUT2D eigenvalue weighted by molar-refractivity contribution is 0.0904. The van der Waals surface area contributed by atoms with E-state index in [9.17, 15) is 4.79 Å². The zero-order valence-corrected chi connectivity index (χ0v) is 21.1. The Morgan fingerprint density at radius 3 is 2.14 bits per heavy atom. The molecule has 1 aliphatic rings. The van der Waals surface area contributed by atoms with Crippen molar-refractivity contribution >= 4 is 17.3 Å². The predicted molar refractivity (Wildman–Crippen MR) is 148 cm³/mol. The number of carbonyl (C=O) groups is 1. The number of amides is 1. The van der Waals surface area contributed by atoms with Crippen molar-refractivity contribution in [2.24, 2.45) is 0 Å². The Hall–Kier alpha value is -4.16. The second-order valence-corrected chi connectivity index (χ2v) is 9.37. The predicted octanol–water partition coefficient (Wildman–Crippen LogP) is 5.90. The molecule has 3 aromatic carbocycles. The Kier molecular flexibility index (Phi) is 7.77. The summed E-state index contributed by atoms with van der Waals surface area (Å²) in [6.07, 6.45) is 3.60. The number of hydrogen-bond acceptors (Lipinski definition) is 5. The highest BCUT2D eigenvalue weighted by Gasteiger charge is 2.21. The summed E-state index contributed by atoms with van der Waals surface area (Å²) in [5.41, 5.74) is 5.82. The largest absolute Gasteiger partial charge is 0.497 e. The molecule has 0 saturated carbocycles. The van der Waals surface area contributed by atoms with Crippen molar-refractivity contribution in [2.75, 3.05) is 25.5 Å². The fourth-order valence-electron chi connectivity index (χ4n) is 4.63. The maximum Gasteiger partial charge on any atom is 0.270 e. The smallest absolute Gasteiger partial charge is 0.270 e. The number of anilines is 2. The van der Waals surface area contributed by atoms with E-state index in [1.807, 2.05) is 48.5 Å². The van der Waals surface area contributed by atoms with Crippen molar-refractivity contribution in [1.29, 1.82) is 0 Å². The van der Waals surface area contributed by atoms with E-state index in [2.05, 4.69) is 56.9 Å². The van der Waals surface area contributed by atoms with Crippen LogP contribution in [-0.2, 0) is 6.54 Å². The molecule has 2 heterocycles. The Balaban J connectivity index is 1.10. The Morgan fingerprint density at radius 1 is 0.865 bits per heavy atom. The molecule has 6 heteroatoms. The fraction of sp³-hybridized carbons (Fsp3) is 0.226. The van der Waals surface area contributed by atoms with Crippen molar-refractivity contribution in [3.63, 3.8) is 0 Å². The van der Waals surface area contributed by atoms with Gasteiger partial charge in [-0.1, -0.05) is 54.6 Å². The number of nitrogens with zero attached hydrogens (tertiary/aromatic N) is 2. The monoisotopic (exact) mass is 492 g/mol. The first-order valence-corrected chi connectivity index (χ1v) is 12.7. The minimum atomic E-state index is -0.114. The third-order valence-corrected chi connectivity index (χ3v) is 6.76. The zero-order chi connectivity index (χ0) is 25.5. The van der Waals surface area contributed by atoms with Crippen LogP contribution in [0.4, 0.5) is 11.4 Å². The number of ether oxygens (including phenoxy) is 1. The van der Waals surface area contributed by atoms with Gasteiger partial charge in [-0.05, 0) is 65.9 Å². The molecular weight excluding hydrogens is 460 g/mol. The third kappa shape index (κ3) is 6.54. The molecule has 1 saturated heterocycles. The van der Waals surface area contributed by atoms with Crippen LogP contribution in [-0.4, -0.2) is 42.0 Å². The van der Waals surface area contributed by atoms with Crippen molar-refractivity contribution in [3.05, 3.63) is 108 Å². The molecule has 2 N–H and O–H groups in total. The van der Waals surface area contributed by atoms with Gasteiger partial charge in [-0.25, -0.2) is 4.98 Å². The van der Waals surface area contributed by atoms with E-state index in [1.54, 1.807) is 19.4 Å². The minimum Gasteiger partial charge on any atom is -0.497 e. The van der Waals surface area contributed by atoms with Gasteiger partial charge in [0.2, 0.25) is 0 Å². The van der Waals surface area contributed by atoms with Gasteiger partial charge >= 0.3 is 0 Å². The Morgan fingerprint density at radius 2 is 1.51 bits per heavy atom. The van der Waals surface area contributed by atoms with Crippen LogP contribution < -0.4 is 15.4 Å². The van der Waals surface area contributed by atoms with Crippen molar-refractivity contribution in [3.8, 4) is 16.9 Å². The van der Waals surface area contributed by atoms with Gasteiger partial charge in [0, 0.05) is 31.4 Å². The molecule has 5 rings (SSSR count). The van der Waals surface area contributed by atoms with Crippen LogP contribution in [0.5, 0.6) is 5.75 Å². The number of nitrogens with one attached hydrogen (secondary N) is 2. The zero-order valence-electron chi connectivity index (χ0n) is 21.1. The van der Waals surface area contributed by atoms with E-state index in [1.165, 1.54) is 5.56 Å². The topological polar surface area (TPSA) is 66.5 Å². The first kappa shape index (κ1) is 24.5. The average Bonchev–Trinajstić information content (AvgIpc) is 2.95. The Labute approximate surface area is 218 Å². The van der Waals surface area contributed by atoms with Crippen LogP contribution in [0.15, 0.2) is 97.2 Å². The van der Waals surface area contributed by atoms with E-state index < -0.39 is 0 Å². The van der Waals surface area contributed by atoms with Crippen LogP contribution in [0.1, 0.15) is 28.9 Å². The highest BCUT2D eigenvalue weighted by Crippen LogP contribution is 2.25. The molecule has 4 aromatic rings. The van der Waals surface area contributed by atoms with E-state index >= 15 is 0 Å². The molecule has 0 bridgehead atoms. The number of pyridine rings is 1. The lowest BCUT2D eigenvalue weighted by atomic mass is 10.0. The quantitative estimate of drug-likeness (QED) is 0.321. The summed E-state index contributed by atoms with van der Waals surface area (Å²) < 4.78 is 5.23. The first-order chi connectivity index (χ1) is 18.2. The molecule has 0 unspecified atom stereocenters. The maximum atomic E-state index is 12.8. The number of aromatic nitrogens is 1. The highest BCUT2D eigenvalue weighted by atomic mass is 16.5. The van der Waals surface area contributed by atoms with Crippen LogP contribution >= 0.6 is 0 Å². The highest BCUT2D eigenvalue weighted by molar-refractivity contribution is 5.92. The summed E-state index contributed by atoms with van der Waals surface area (Å²) in [6.45, 7) is 2.92. The number of piperidine rings is 1. The van der Waals surface area contributed by atoms with Gasteiger partial charge in [0.05, 0.1) is 19.0 Å². The molecule has 1 fully saturated rings. The van der Waals surface area contributed by atoms with Gasteiger partial charge in [0.15, 0.2) is 0 Å². The second kappa shape index (κ2) is 11.7. The summed E-state index contributed by atoms with van der Waals surface area (Å²) in [7, 11) is 1.67. The Bertz CT molecular complexity index is 1280. The normalized spacial score (nSPS) is 14.2. The first-order valence-electron chi connectivity index (χ1n) is 12.7. The molecule has 0 spiro atoms. The number of rotatable bonds is 8. The number of carbonyl (C=O) groups excluding carboxylic acids is 1. The van der Waals surface area contributed by atoms with Gasteiger partial charge in [-0.2, -0.15) is 0 Å². The van der Waals surface area contributed by atoms with Crippen LogP contribution in [0.3, 0.4) is 0 Å². The van der Waals surface area contributed by atoms with Gasteiger partial charge in [-0.15, -0.1) is 0 Å². The van der Waals surface area contributed by atoms with Crippen molar-refractivity contribution in [2.45, 2.75) is 25.4 Å². The van der Waals surface area contributed by atoms with E-state index in [-0.39, 0.29) is 11.9 Å². The maximum absolute atomic E-state index is 12.8. The molecule has 0 aliphatic carbocycles. The standard InChI is InChI=1S/C31H32N4O2/c1-37-29-14-9-25(10-15-29)24-7-11-26(12-8-24)33-28-13-16-30(32-21-28)31(36)34-27-17-19-35(20-18-27)22-23-5-3-2-4-6-23/h2-16,21,27,33H,17-20,22H2,1H3,(H,34,36). The van der Waals surface area contributed by atoms with Gasteiger partial charge in [0.1, 0.15) is 11.4 Å². The molecule has 0 radical (unpaired) electrons. The van der Waals surface area contributed by atoms with Crippen LogP contribution in [0, 0.1) is 0 Å². The lowest BCUT2D eigenvalue weighted by Gasteiger charge is -2.32. The summed E-state index contributed by atoms with van der Waals surface area (Å²) in [4.78, 5) is 19.6. The van der Waals surface area contributed by atoms with Crippen molar-refractivity contribution in [1.82, 2.24) is 15.2 Å². The van der Waals surface area contributed by atoms with E-state index in [4.69, 9.17) is 4.74 Å². The fourth-order valence-corrected chi connectivity index (χ4v) is 4.63. The minimum absolute atomic E-state index is 0.114. The third-order valence-electron chi connectivity index (χ3n) is 6.76. The van der Waals surface area contributed by atoms with Crippen LogP contribution in [0.25, 0.3) is 11.1 Å². The average molecular weight is 493 g/mol. The molecule has 1 aromatic heterocycles. The number of likely N-dealkylation sites (tertiary alicyclic amines) is 1. The van der Waals surface area contributed by atoms with Gasteiger partial charge in [0.25, 0.3) is 5.91 Å². The summed E-state index contributed by atoms with van der Waals surface area (Å²) >= 11 is 0. The molecule has 6 nitrogen and oxygen atoms in total. The van der Waals surface area contributed by atoms with E-state index in [0.717, 1.165) is 60.7 Å². The lowest BCUT2D eigenvalue weighted by Crippen LogP contribution is -2.44. The number of hydrogen-bond donors (Lipinski definition) is 2. The molecule has 1 aliphatic heterocycles. The van der Waals surface area contributed by atoms with Gasteiger partial charge < -0.3 is 15.4 Å². The molecule has 37 heavy (non-hydrogen) atoms. The van der Waals surface area contributed by atoms with Gasteiger partial charge in [-0.3, -0.25) is 9.69 Å². The molecular formula is C31H32N4O2. The second-order valence-electron chi connectivity index (χ2n) is 9.37. The summed E-state index contributed by atoms with van der Waals surface area (Å²) in [5.74, 6) is 0.729. The molecule has 188 valence electrons. The number of methoxy groups -OCH3 is 1.